The molecule has 0 radical (unpaired) electrons. The average molecular weight is 322 g/mol. The number of carbonyl (C=O) groups is 2. The van der Waals surface area contributed by atoms with Crippen LogP contribution in [0.3, 0.4) is 0 Å². The lowest BCUT2D eigenvalue weighted by atomic mass is 9.86. The summed E-state index contributed by atoms with van der Waals surface area (Å²) in [5.41, 5.74) is 0.437. The summed E-state index contributed by atoms with van der Waals surface area (Å²) >= 11 is 0. The Morgan fingerprint density at radius 3 is 2.79 bits per heavy atom. The van der Waals surface area contributed by atoms with Crippen molar-refractivity contribution in [3.05, 3.63) is 54.5 Å². The molecule has 0 aromatic carbocycles. The van der Waals surface area contributed by atoms with Crippen molar-refractivity contribution >= 4 is 17.6 Å². The van der Waals surface area contributed by atoms with Crippen molar-refractivity contribution in [2.75, 3.05) is 24.5 Å². The molecule has 1 atom stereocenters. The second-order valence-electron chi connectivity index (χ2n) is 6.56. The fourth-order valence-corrected chi connectivity index (χ4v) is 3.67. The lowest BCUT2D eigenvalue weighted by molar-refractivity contribution is -0.117. The van der Waals surface area contributed by atoms with E-state index in [1.165, 1.54) is 0 Å². The van der Waals surface area contributed by atoms with E-state index < -0.39 is 0 Å². The van der Waals surface area contributed by atoms with Crippen LogP contribution >= 0.6 is 0 Å². The Morgan fingerprint density at radius 2 is 2.04 bits per heavy atom. The van der Waals surface area contributed by atoms with Gasteiger partial charge in [0.1, 0.15) is 5.82 Å². The van der Waals surface area contributed by atoms with Gasteiger partial charge in [-0.15, -0.1) is 0 Å². The quantitative estimate of drug-likeness (QED) is 0.845. The maximum absolute atomic E-state index is 12.6. The highest BCUT2D eigenvalue weighted by atomic mass is 16.2. The van der Waals surface area contributed by atoms with Crippen LogP contribution in [0.25, 0.3) is 0 Å². The van der Waals surface area contributed by atoms with Gasteiger partial charge in [-0.05, 0) is 30.7 Å². The molecule has 4 heterocycles. The largest absolute Gasteiger partial charge is 0.338 e. The highest BCUT2D eigenvalue weighted by Gasteiger charge is 2.49. The number of anilines is 1. The van der Waals surface area contributed by atoms with Crippen LogP contribution in [0.1, 0.15) is 23.2 Å². The number of amides is 2. The number of aromatic nitrogens is 2. The third kappa shape index (κ3) is 2.54. The van der Waals surface area contributed by atoms with Gasteiger partial charge in [0.05, 0.1) is 5.56 Å². The van der Waals surface area contributed by atoms with Gasteiger partial charge in [0.15, 0.2) is 0 Å². The van der Waals surface area contributed by atoms with Crippen LogP contribution in [0.2, 0.25) is 0 Å². The van der Waals surface area contributed by atoms with Crippen LogP contribution < -0.4 is 4.90 Å². The molecule has 4 rings (SSSR count). The predicted molar refractivity (Wildman–Crippen MR) is 88.4 cm³/mol. The van der Waals surface area contributed by atoms with E-state index in [-0.39, 0.29) is 17.2 Å². The van der Waals surface area contributed by atoms with Crippen LogP contribution in [0, 0.1) is 5.41 Å². The maximum atomic E-state index is 12.6. The van der Waals surface area contributed by atoms with Gasteiger partial charge in [0.25, 0.3) is 5.91 Å². The van der Waals surface area contributed by atoms with Gasteiger partial charge in [-0.25, -0.2) is 4.98 Å². The summed E-state index contributed by atoms with van der Waals surface area (Å²) in [5.74, 6) is 0.768. The molecule has 24 heavy (non-hydrogen) atoms. The van der Waals surface area contributed by atoms with Crippen molar-refractivity contribution in [1.82, 2.24) is 14.9 Å². The third-order valence-corrected chi connectivity index (χ3v) is 4.88. The summed E-state index contributed by atoms with van der Waals surface area (Å²) in [5, 5.41) is 0. The summed E-state index contributed by atoms with van der Waals surface area (Å²) in [7, 11) is 0. The summed E-state index contributed by atoms with van der Waals surface area (Å²) in [6.07, 6.45) is 6.25. The molecular formula is C18H18N4O2. The first-order valence-electron chi connectivity index (χ1n) is 8.08. The standard InChI is InChI=1S/C18H18N4O2/c23-16-10-18(13-22(16)15-5-1-2-8-20-15)6-9-21(12-18)17(24)14-4-3-7-19-11-14/h1-5,7-8,11H,6,9-10,12-13H2. The van der Waals surface area contributed by atoms with Crippen molar-refractivity contribution in [3.8, 4) is 0 Å². The van der Waals surface area contributed by atoms with Gasteiger partial charge < -0.3 is 4.90 Å². The molecule has 1 unspecified atom stereocenters. The third-order valence-electron chi connectivity index (χ3n) is 4.88. The van der Waals surface area contributed by atoms with Crippen LogP contribution in [0.4, 0.5) is 5.82 Å². The zero-order valence-electron chi connectivity index (χ0n) is 13.3. The molecule has 0 N–H and O–H groups in total. The molecule has 2 aromatic heterocycles. The van der Waals surface area contributed by atoms with Gasteiger partial charge >= 0.3 is 0 Å². The Bertz CT molecular complexity index is 765. The molecule has 2 aromatic rings. The first-order chi connectivity index (χ1) is 11.7. The van der Waals surface area contributed by atoms with Crippen molar-refractivity contribution in [2.45, 2.75) is 12.8 Å². The highest BCUT2D eigenvalue weighted by Crippen LogP contribution is 2.41. The van der Waals surface area contributed by atoms with E-state index in [0.717, 1.165) is 6.42 Å². The van der Waals surface area contributed by atoms with E-state index in [1.807, 2.05) is 23.1 Å². The van der Waals surface area contributed by atoms with E-state index >= 15 is 0 Å². The molecule has 2 aliphatic rings. The Hall–Kier alpha value is -2.76. The van der Waals surface area contributed by atoms with Gasteiger partial charge in [-0.2, -0.15) is 0 Å². The van der Waals surface area contributed by atoms with Gasteiger partial charge in [0.2, 0.25) is 5.91 Å². The van der Waals surface area contributed by atoms with E-state index in [1.54, 1.807) is 35.6 Å². The molecule has 6 nitrogen and oxygen atoms in total. The summed E-state index contributed by atoms with van der Waals surface area (Å²) < 4.78 is 0. The number of carbonyl (C=O) groups excluding carboxylic acids is 2. The fraction of sp³-hybridized carbons (Fsp3) is 0.333. The zero-order valence-corrected chi connectivity index (χ0v) is 13.3. The normalized spacial score (nSPS) is 23.2. The predicted octanol–water partition coefficient (Wildman–Crippen LogP) is 1.75. The molecule has 0 saturated carbocycles. The molecule has 2 aliphatic heterocycles. The molecule has 6 heteroatoms. The molecule has 0 aliphatic carbocycles. The molecular weight excluding hydrogens is 304 g/mol. The number of hydrogen-bond acceptors (Lipinski definition) is 4. The smallest absolute Gasteiger partial charge is 0.255 e. The van der Waals surface area contributed by atoms with Gasteiger partial charge in [0, 0.05) is 50.1 Å². The van der Waals surface area contributed by atoms with Crippen molar-refractivity contribution < 1.29 is 9.59 Å². The van der Waals surface area contributed by atoms with E-state index in [0.29, 0.717) is 37.4 Å². The molecule has 2 fully saturated rings. The number of nitrogens with zero attached hydrogens (tertiary/aromatic N) is 4. The topological polar surface area (TPSA) is 66.4 Å². The Kier molecular flexibility index (Phi) is 3.52. The molecule has 0 bridgehead atoms. The van der Waals surface area contributed by atoms with Gasteiger partial charge in [-0.1, -0.05) is 6.07 Å². The Labute approximate surface area is 140 Å². The average Bonchev–Trinajstić information content (AvgIpc) is 3.19. The van der Waals surface area contributed by atoms with E-state index in [4.69, 9.17) is 0 Å². The first kappa shape index (κ1) is 14.8. The lowest BCUT2D eigenvalue weighted by Crippen LogP contribution is -2.34. The van der Waals surface area contributed by atoms with Crippen LogP contribution in [0.15, 0.2) is 48.9 Å². The van der Waals surface area contributed by atoms with Crippen LogP contribution in [-0.2, 0) is 4.79 Å². The van der Waals surface area contributed by atoms with Crippen molar-refractivity contribution in [1.29, 1.82) is 0 Å². The number of pyridine rings is 2. The van der Waals surface area contributed by atoms with E-state index in [9.17, 15) is 9.59 Å². The summed E-state index contributed by atoms with van der Waals surface area (Å²) in [6, 6.07) is 9.11. The Balaban J connectivity index is 1.50. The minimum absolute atomic E-state index is 0.0105. The number of likely N-dealkylation sites (tertiary alicyclic amines) is 1. The molecule has 2 amide bonds. The minimum Gasteiger partial charge on any atom is -0.338 e. The SMILES string of the molecule is O=C(c1cccnc1)N1CCC2(CC(=O)N(c3ccccn3)C2)C1. The van der Waals surface area contributed by atoms with Crippen LogP contribution in [-0.4, -0.2) is 46.3 Å². The monoisotopic (exact) mass is 322 g/mol. The maximum Gasteiger partial charge on any atom is 0.255 e. The molecule has 2 saturated heterocycles. The fourth-order valence-electron chi connectivity index (χ4n) is 3.67. The second kappa shape index (κ2) is 5.70. The number of hydrogen-bond donors (Lipinski definition) is 0. The second-order valence-corrected chi connectivity index (χ2v) is 6.56. The molecule has 1 spiro atoms. The summed E-state index contributed by atoms with van der Waals surface area (Å²) in [4.78, 5) is 36.9. The Morgan fingerprint density at radius 1 is 1.12 bits per heavy atom. The summed E-state index contributed by atoms with van der Waals surface area (Å²) in [6.45, 7) is 1.91. The highest BCUT2D eigenvalue weighted by molar-refractivity contribution is 5.97. The van der Waals surface area contributed by atoms with Crippen LogP contribution in [0.5, 0.6) is 0 Å². The number of rotatable bonds is 2. The lowest BCUT2D eigenvalue weighted by Gasteiger charge is -2.23. The van der Waals surface area contributed by atoms with Crippen molar-refractivity contribution in [3.63, 3.8) is 0 Å². The van der Waals surface area contributed by atoms with Gasteiger partial charge in [-0.3, -0.25) is 19.5 Å². The minimum atomic E-state index is -0.160. The van der Waals surface area contributed by atoms with E-state index in [2.05, 4.69) is 9.97 Å². The first-order valence-corrected chi connectivity index (χ1v) is 8.08. The zero-order chi connectivity index (χ0) is 16.6. The molecule has 122 valence electrons. The van der Waals surface area contributed by atoms with Crippen molar-refractivity contribution in [2.24, 2.45) is 5.41 Å².